The number of halogens is 2. The fourth-order valence-electron chi connectivity index (χ4n) is 3.09. The van der Waals surface area contributed by atoms with E-state index in [2.05, 4.69) is 5.32 Å². The maximum Gasteiger partial charge on any atom is 0.255 e. The number of carbonyl (C=O) groups is 1. The van der Waals surface area contributed by atoms with Gasteiger partial charge in [-0.05, 0) is 49.2 Å². The van der Waals surface area contributed by atoms with Crippen molar-refractivity contribution in [3.8, 4) is 5.75 Å². The van der Waals surface area contributed by atoms with Gasteiger partial charge in [0.25, 0.3) is 5.91 Å². The number of benzene rings is 2. The summed E-state index contributed by atoms with van der Waals surface area (Å²) in [4.78, 5) is 12.5. The normalized spacial score (nSPS) is 15.2. The first-order valence-corrected chi connectivity index (χ1v) is 11.0. The standard InChI is InChI=1S/C19H20Cl2N2O4S/c1-27-17-6-5-16(22-19(24)13-9-14(20)11-15(21)10-13)12-18(17)28(25,26)23-7-3-2-4-8-23/h5-6,9-12H,2-4,7-8H2,1H3,(H,22,24). The van der Waals surface area contributed by atoms with Gasteiger partial charge in [0.2, 0.25) is 10.0 Å². The van der Waals surface area contributed by atoms with Gasteiger partial charge in [-0.2, -0.15) is 4.31 Å². The number of amides is 1. The number of piperidine rings is 1. The zero-order valence-electron chi connectivity index (χ0n) is 15.2. The molecule has 9 heteroatoms. The van der Waals surface area contributed by atoms with Crippen molar-refractivity contribution in [2.45, 2.75) is 24.2 Å². The Balaban J connectivity index is 1.91. The fraction of sp³-hybridized carbons (Fsp3) is 0.316. The predicted octanol–water partition coefficient (Wildman–Crippen LogP) is 4.43. The summed E-state index contributed by atoms with van der Waals surface area (Å²) < 4.78 is 32.8. The molecular formula is C19H20Cl2N2O4S. The minimum absolute atomic E-state index is 0.0267. The van der Waals surface area contributed by atoms with Crippen molar-refractivity contribution in [3.05, 3.63) is 52.0 Å². The van der Waals surface area contributed by atoms with Gasteiger partial charge in [0.1, 0.15) is 10.6 Å². The van der Waals surface area contributed by atoms with Crippen LogP contribution >= 0.6 is 23.2 Å². The largest absolute Gasteiger partial charge is 0.495 e. The van der Waals surface area contributed by atoms with E-state index >= 15 is 0 Å². The van der Waals surface area contributed by atoms with Gasteiger partial charge >= 0.3 is 0 Å². The van der Waals surface area contributed by atoms with Gasteiger partial charge < -0.3 is 10.1 Å². The first-order chi connectivity index (χ1) is 13.3. The molecule has 1 amide bonds. The van der Waals surface area contributed by atoms with Crippen LogP contribution in [0.15, 0.2) is 41.3 Å². The third kappa shape index (κ3) is 4.60. The number of hydrogen-bond acceptors (Lipinski definition) is 4. The number of nitrogens with one attached hydrogen (secondary N) is 1. The van der Waals surface area contributed by atoms with Gasteiger partial charge in [0, 0.05) is 34.4 Å². The van der Waals surface area contributed by atoms with Crippen LogP contribution in [0.5, 0.6) is 5.75 Å². The summed E-state index contributed by atoms with van der Waals surface area (Å²) in [6.45, 7) is 0.951. The Bertz CT molecular complexity index is 969. The molecule has 0 bridgehead atoms. The summed E-state index contributed by atoms with van der Waals surface area (Å²) in [5.41, 5.74) is 0.603. The Morgan fingerprint density at radius 2 is 1.68 bits per heavy atom. The molecule has 1 heterocycles. The Kier molecular flexibility index (Phi) is 6.50. The SMILES string of the molecule is COc1ccc(NC(=O)c2cc(Cl)cc(Cl)c2)cc1S(=O)(=O)N1CCCCC1. The van der Waals surface area contributed by atoms with Gasteiger partial charge in [0.15, 0.2) is 0 Å². The van der Waals surface area contributed by atoms with E-state index < -0.39 is 15.9 Å². The van der Waals surface area contributed by atoms with Crippen molar-refractivity contribution < 1.29 is 17.9 Å². The lowest BCUT2D eigenvalue weighted by Gasteiger charge is -2.26. The van der Waals surface area contributed by atoms with Crippen LogP contribution in [0.25, 0.3) is 0 Å². The molecule has 1 aliphatic rings. The van der Waals surface area contributed by atoms with Crippen molar-refractivity contribution >= 4 is 44.8 Å². The van der Waals surface area contributed by atoms with E-state index in [9.17, 15) is 13.2 Å². The number of nitrogens with zero attached hydrogens (tertiary/aromatic N) is 1. The minimum atomic E-state index is -3.73. The van der Waals surface area contributed by atoms with Crippen LogP contribution in [-0.2, 0) is 10.0 Å². The van der Waals surface area contributed by atoms with Crippen LogP contribution < -0.4 is 10.1 Å². The van der Waals surface area contributed by atoms with Gasteiger partial charge in [-0.15, -0.1) is 0 Å². The number of ether oxygens (including phenoxy) is 1. The molecule has 1 fully saturated rings. The number of anilines is 1. The third-order valence-electron chi connectivity index (χ3n) is 4.48. The van der Waals surface area contributed by atoms with Crippen LogP contribution in [-0.4, -0.2) is 38.8 Å². The quantitative estimate of drug-likeness (QED) is 0.742. The van der Waals surface area contributed by atoms with Crippen LogP contribution in [0.2, 0.25) is 10.0 Å². The second-order valence-corrected chi connectivity index (χ2v) is 9.22. The summed E-state index contributed by atoms with van der Waals surface area (Å²) >= 11 is 11.9. The number of carbonyl (C=O) groups excluding carboxylic acids is 1. The van der Waals surface area contributed by atoms with E-state index in [-0.39, 0.29) is 16.2 Å². The topological polar surface area (TPSA) is 75.7 Å². The molecule has 150 valence electrons. The van der Waals surface area contributed by atoms with E-state index in [1.807, 2.05) is 0 Å². The highest BCUT2D eigenvalue weighted by molar-refractivity contribution is 7.89. The molecular weight excluding hydrogens is 423 g/mol. The van der Waals surface area contributed by atoms with E-state index in [0.717, 1.165) is 19.3 Å². The molecule has 28 heavy (non-hydrogen) atoms. The van der Waals surface area contributed by atoms with Gasteiger partial charge in [-0.25, -0.2) is 8.42 Å². The number of hydrogen-bond donors (Lipinski definition) is 1. The Labute approximate surface area is 174 Å². The van der Waals surface area contributed by atoms with E-state index in [4.69, 9.17) is 27.9 Å². The molecule has 1 N–H and O–H groups in total. The molecule has 0 aliphatic carbocycles. The Morgan fingerprint density at radius 1 is 1.04 bits per heavy atom. The van der Waals surface area contributed by atoms with Crippen LogP contribution in [0.4, 0.5) is 5.69 Å². The van der Waals surface area contributed by atoms with E-state index in [1.54, 1.807) is 6.07 Å². The second-order valence-electron chi connectivity index (χ2n) is 6.44. The smallest absolute Gasteiger partial charge is 0.255 e. The molecule has 0 atom stereocenters. The number of sulfonamides is 1. The van der Waals surface area contributed by atoms with E-state index in [0.29, 0.717) is 28.8 Å². The highest BCUT2D eigenvalue weighted by Gasteiger charge is 2.29. The molecule has 0 spiro atoms. The van der Waals surface area contributed by atoms with Crippen molar-refractivity contribution in [3.63, 3.8) is 0 Å². The highest BCUT2D eigenvalue weighted by Crippen LogP contribution is 2.31. The van der Waals surface area contributed by atoms with Gasteiger partial charge in [-0.3, -0.25) is 4.79 Å². The number of rotatable bonds is 5. The van der Waals surface area contributed by atoms with Crippen LogP contribution in [0, 0.1) is 0 Å². The minimum Gasteiger partial charge on any atom is -0.495 e. The molecule has 0 unspecified atom stereocenters. The summed E-state index contributed by atoms with van der Waals surface area (Å²) in [5.74, 6) is -0.217. The van der Waals surface area contributed by atoms with Crippen LogP contribution in [0.1, 0.15) is 29.6 Å². The molecule has 3 rings (SSSR count). The lowest BCUT2D eigenvalue weighted by molar-refractivity contribution is 0.102. The molecule has 1 aliphatic heterocycles. The molecule has 2 aromatic rings. The lowest BCUT2D eigenvalue weighted by atomic mass is 10.2. The summed E-state index contributed by atoms with van der Waals surface area (Å²) in [7, 11) is -2.31. The maximum absolute atomic E-state index is 13.1. The Morgan fingerprint density at radius 3 is 2.29 bits per heavy atom. The Hall–Kier alpha value is -1.80. The monoisotopic (exact) mass is 442 g/mol. The van der Waals surface area contributed by atoms with Crippen LogP contribution in [0.3, 0.4) is 0 Å². The van der Waals surface area contributed by atoms with Crippen molar-refractivity contribution in [2.24, 2.45) is 0 Å². The maximum atomic E-state index is 13.1. The first-order valence-electron chi connectivity index (χ1n) is 8.77. The summed E-state index contributed by atoms with van der Waals surface area (Å²) in [5, 5.41) is 3.35. The average Bonchev–Trinajstić information content (AvgIpc) is 2.68. The molecule has 6 nitrogen and oxygen atoms in total. The average molecular weight is 443 g/mol. The highest BCUT2D eigenvalue weighted by atomic mass is 35.5. The lowest BCUT2D eigenvalue weighted by Crippen LogP contribution is -2.35. The van der Waals surface area contributed by atoms with Gasteiger partial charge in [-0.1, -0.05) is 29.6 Å². The van der Waals surface area contributed by atoms with Gasteiger partial charge in [0.05, 0.1) is 7.11 Å². The second kappa shape index (κ2) is 8.69. The number of methoxy groups -OCH3 is 1. The molecule has 2 aromatic carbocycles. The zero-order chi connectivity index (χ0) is 20.3. The first kappa shape index (κ1) is 20.9. The molecule has 0 radical (unpaired) electrons. The van der Waals surface area contributed by atoms with Crippen molar-refractivity contribution in [2.75, 3.05) is 25.5 Å². The third-order valence-corrected chi connectivity index (χ3v) is 6.84. The molecule has 0 aromatic heterocycles. The van der Waals surface area contributed by atoms with E-state index in [1.165, 1.54) is 41.7 Å². The zero-order valence-corrected chi connectivity index (χ0v) is 17.6. The predicted molar refractivity (Wildman–Crippen MR) is 110 cm³/mol. The fourth-order valence-corrected chi connectivity index (χ4v) is 5.31. The van der Waals surface area contributed by atoms with Crippen molar-refractivity contribution in [1.29, 1.82) is 0 Å². The molecule has 0 saturated carbocycles. The summed E-state index contributed by atoms with van der Waals surface area (Å²) in [6.07, 6.45) is 2.67. The summed E-state index contributed by atoms with van der Waals surface area (Å²) in [6, 6.07) is 9.01. The molecule has 1 saturated heterocycles. The van der Waals surface area contributed by atoms with Crippen molar-refractivity contribution in [1.82, 2.24) is 4.31 Å².